The van der Waals surface area contributed by atoms with Crippen molar-refractivity contribution in [2.75, 3.05) is 26.8 Å². The van der Waals surface area contributed by atoms with Gasteiger partial charge in [0.1, 0.15) is 5.82 Å². The van der Waals surface area contributed by atoms with Gasteiger partial charge < -0.3 is 9.64 Å². The van der Waals surface area contributed by atoms with E-state index < -0.39 is 0 Å². The fraction of sp³-hybridized carbons (Fsp3) is 0.842. The Labute approximate surface area is 155 Å². The molecule has 26 heavy (non-hydrogen) atoms. The number of amides is 1. The molecular weight excluding hydrogens is 332 g/mol. The fourth-order valence-corrected chi connectivity index (χ4v) is 4.36. The highest BCUT2D eigenvalue weighted by atomic mass is 16.5. The van der Waals surface area contributed by atoms with E-state index in [-0.39, 0.29) is 11.6 Å². The predicted octanol–water partition coefficient (Wildman–Crippen LogP) is 2.00. The SMILES string of the molecule is CCn1c(C2CCN(C(=O)CC3CCCC3)CC2)nn(CCOC)c1=O. The maximum absolute atomic E-state index is 12.5. The molecule has 2 aliphatic rings. The van der Waals surface area contributed by atoms with Crippen LogP contribution in [-0.2, 0) is 22.6 Å². The lowest BCUT2D eigenvalue weighted by atomic mass is 9.94. The third-order valence-electron chi connectivity index (χ3n) is 5.93. The number of piperidine rings is 1. The van der Waals surface area contributed by atoms with Crippen LogP contribution in [0.2, 0.25) is 0 Å². The van der Waals surface area contributed by atoms with Crippen LogP contribution < -0.4 is 5.69 Å². The number of nitrogens with zero attached hydrogens (tertiary/aromatic N) is 4. The maximum Gasteiger partial charge on any atom is 0.345 e. The third-order valence-corrected chi connectivity index (χ3v) is 5.93. The topological polar surface area (TPSA) is 69.4 Å². The van der Waals surface area contributed by atoms with Gasteiger partial charge in [-0.3, -0.25) is 9.36 Å². The molecule has 1 aliphatic heterocycles. The zero-order valence-corrected chi connectivity index (χ0v) is 16.2. The second kappa shape index (κ2) is 8.84. The molecule has 0 atom stereocenters. The number of aromatic nitrogens is 3. The van der Waals surface area contributed by atoms with Gasteiger partial charge in [0.2, 0.25) is 5.91 Å². The van der Waals surface area contributed by atoms with E-state index in [1.54, 1.807) is 11.7 Å². The highest BCUT2D eigenvalue weighted by molar-refractivity contribution is 5.76. The van der Waals surface area contributed by atoms with Gasteiger partial charge in [-0.1, -0.05) is 12.8 Å². The maximum atomic E-state index is 12.5. The molecule has 1 saturated heterocycles. The lowest BCUT2D eigenvalue weighted by Gasteiger charge is -2.32. The van der Waals surface area contributed by atoms with Crippen molar-refractivity contribution in [3.05, 3.63) is 16.3 Å². The normalized spacial score (nSPS) is 19.4. The Morgan fingerprint density at radius 3 is 2.50 bits per heavy atom. The van der Waals surface area contributed by atoms with Crippen LogP contribution in [0.1, 0.15) is 63.6 Å². The van der Waals surface area contributed by atoms with Gasteiger partial charge in [0.05, 0.1) is 13.2 Å². The molecule has 1 aliphatic carbocycles. The van der Waals surface area contributed by atoms with E-state index in [2.05, 4.69) is 5.10 Å². The van der Waals surface area contributed by atoms with E-state index >= 15 is 0 Å². The second-order valence-corrected chi connectivity index (χ2v) is 7.61. The molecule has 1 saturated carbocycles. The van der Waals surface area contributed by atoms with Crippen LogP contribution in [0.5, 0.6) is 0 Å². The van der Waals surface area contributed by atoms with E-state index in [0.717, 1.165) is 38.2 Å². The average molecular weight is 364 g/mol. The largest absolute Gasteiger partial charge is 0.383 e. The quantitative estimate of drug-likeness (QED) is 0.742. The number of carbonyl (C=O) groups is 1. The molecule has 7 nitrogen and oxygen atoms in total. The first-order chi connectivity index (χ1) is 12.6. The van der Waals surface area contributed by atoms with E-state index in [0.29, 0.717) is 31.5 Å². The number of ether oxygens (including phenoxy) is 1. The minimum absolute atomic E-state index is 0.0562. The summed E-state index contributed by atoms with van der Waals surface area (Å²) in [5.41, 5.74) is -0.0562. The molecule has 7 heteroatoms. The lowest BCUT2D eigenvalue weighted by molar-refractivity contribution is -0.133. The Hall–Kier alpha value is -1.63. The molecule has 2 heterocycles. The van der Waals surface area contributed by atoms with Crippen molar-refractivity contribution in [2.24, 2.45) is 5.92 Å². The van der Waals surface area contributed by atoms with E-state index in [4.69, 9.17) is 4.74 Å². The first-order valence-electron chi connectivity index (χ1n) is 10.1. The Morgan fingerprint density at radius 1 is 1.19 bits per heavy atom. The van der Waals surface area contributed by atoms with Gasteiger partial charge in [0, 0.05) is 39.1 Å². The highest BCUT2D eigenvalue weighted by Crippen LogP contribution is 2.30. The first kappa shape index (κ1) is 19.1. The number of hydrogen-bond donors (Lipinski definition) is 0. The smallest absolute Gasteiger partial charge is 0.345 e. The van der Waals surface area contributed by atoms with Crippen LogP contribution in [0.25, 0.3) is 0 Å². The monoisotopic (exact) mass is 364 g/mol. The number of carbonyl (C=O) groups excluding carboxylic acids is 1. The lowest BCUT2D eigenvalue weighted by Crippen LogP contribution is -2.39. The highest BCUT2D eigenvalue weighted by Gasteiger charge is 2.29. The molecule has 2 fully saturated rings. The number of rotatable bonds is 7. The van der Waals surface area contributed by atoms with Gasteiger partial charge in [-0.15, -0.1) is 0 Å². The molecule has 0 bridgehead atoms. The van der Waals surface area contributed by atoms with Gasteiger partial charge >= 0.3 is 5.69 Å². The van der Waals surface area contributed by atoms with Crippen molar-refractivity contribution in [2.45, 2.75) is 70.9 Å². The summed E-state index contributed by atoms with van der Waals surface area (Å²) in [4.78, 5) is 27.0. The molecular formula is C19H32N4O3. The Bertz CT molecular complexity index is 652. The standard InChI is InChI=1S/C19H32N4O3/c1-3-22-18(20-23(19(22)25)12-13-26-2)16-8-10-21(11-9-16)17(24)14-15-6-4-5-7-15/h15-16H,3-14H2,1-2H3. The van der Waals surface area contributed by atoms with Gasteiger partial charge in [0.25, 0.3) is 0 Å². The second-order valence-electron chi connectivity index (χ2n) is 7.61. The zero-order valence-electron chi connectivity index (χ0n) is 16.2. The Morgan fingerprint density at radius 2 is 1.88 bits per heavy atom. The summed E-state index contributed by atoms with van der Waals surface area (Å²) in [5.74, 6) is 2.04. The van der Waals surface area contributed by atoms with Crippen molar-refractivity contribution in [3.8, 4) is 0 Å². The minimum atomic E-state index is -0.0562. The van der Waals surface area contributed by atoms with Crippen molar-refractivity contribution < 1.29 is 9.53 Å². The summed E-state index contributed by atoms with van der Waals surface area (Å²) >= 11 is 0. The van der Waals surface area contributed by atoms with Crippen LogP contribution in [0.15, 0.2) is 4.79 Å². The molecule has 0 radical (unpaired) electrons. The molecule has 146 valence electrons. The van der Waals surface area contributed by atoms with Crippen LogP contribution >= 0.6 is 0 Å². The minimum Gasteiger partial charge on any atom is -0.383 e. The summed E-state index contributed by atoms with van der Waals surface area (Å²) in [6, 6.07) is 0. The van der Waals surface area contributed by atoms with Crippen molar-refractivity contribution in [3.63, 3.8) is 0 Å². The first-order valence-corrected chi connectivity index (χ1v) is 10.1. The molecule has 1 amide bonds. The molecule has 3 rings (SSSR count). The molecule has 0 unspecified atom stereocenters. The van der Waals surface area contributed by atoms with Crippen LogP contribution in [-0.4, -0.2) is 52.0 Å². The van der Waals surface area contributed by atoms with E-state index in [1.165, 1.54) is 30.4 Å². The number of methoxy groups -OCH3 is 1. The van der Waals surface area contributed by atoms with Gasteiger partial charge in [-0.05, 0) is 38.5 Å². The molecule has 1 aromatic rings. The van der Waals surface area contributed by atoms with Crippen LogP contribution in [0.3, 0.4) is 0 Å². The molecule has 0 spiro atoms. The van der Waals surface area contributed by atoms with E-state index in [9.17, 15) is 9.59 Å². The van der Waals surface area contributed by atoms with Gasteiger partial charge in [-0.2, -0.15) is 5.10 Å². The van der Waals surface area contributed by atoms with Crippen LogP contribution in [0.4, 0.5) is 0 Å². The summed E-state index contributed by atoms with van der Waals surface area (Å²) in [5, 5.41) is 4.58. The van der Waals surface area contributed by atoms with E-state index in [1.807, 2.05) is 11.8 Å². The number of hydrogen-bond acceptors (Lipinski definition) is 4. The summed E-state index contributed by atoms with van der Waals surface area (Å²) in [7, 11) is 1.63. The predicted molar refractivity (Wildman–Crippen MR) is 99.2 cm³/mol. The molecule has 0 N–H and O–H groups in total. The summed E-state index contributed by atoms with van der Waals surface area (Å²) in [6.07, 6.45) is 7.47. The summed E-state index contributed by atoms with van der Waals surface area (Å²) < 4.78 is 8.36. The third kappa shape index (κ3) is 4.19. The zero-order chi connectivity index (χ0) is 18.5. The van der Waals surface area contributed by atoms with Crippen molar-refractivity contribution in [1.29, 1.82) is 0 Å². The van der Waals surface area contributed by atoms with Gasteiger partial charge in [-0.25, -0.2) is 9.48 Å². The van der Waals surface area contributed by atoms with Crippen molar-refractivity contribution in [1.82, 2.24) is 19.2 Å². The summed E-state index contributed by atoms with van der Waals surface area (Å²) in [6.45, 7) is 5.12. The van der Waals surface area contributed by atoms with Crippen molar-refractivity contribution >= 4 is 5.91 Å². The Kier molecular flexibility index (Phi) is 6.51. The molecule has 1 aromatic heterocycles. The molecule has 0 aromatic carbocycles. The van der Waals surface area contributed by atoms with Gasteiger partial charge in [0.15, 0.2) is 0 Å². The number of likely N-dealkylation sites (tertiary alicyclic amines) is 1. The Balaban J connectivity index is 1.60. The van der Waals surface area contributed by atoms with Crippen LogP contribution in [0, 0.1) is 5.92 Å². The average Bonchev–Trinajstić information content (AvgIpc) is 3.27. The fourth-order valence-electron chi connectivity index (χ4n) is 4.36.